The van der Waals surface area contributed by atoms with Crippen molar-refractivity contribution in [3.8, 4) is 0 Å². The van der Waals surface area contributed by atoms with Crippen molar-refractivity contribution in [1.29, 1.82) is 0 Å². The van der Waals surface area contributed by atoms with Crippen LogP contribution in [0.15, 0.2) is 24.3 Å². The van der Waals surface area contributed by atoms with Gasteiger partial charge in [-0.05, 0) is 17.5 Å². The Bertz CT molecular complexity index is 254. The van der Waals surface area contributed by atoms with Crippen LogP contribution in [0.1, 0.15) is 24.0 Å². The maximum Gasteiger partial charge on any atom is 0.0521 e. The summed E-state index contributed by atoms with van der Waals surface area (Å²) in [5, 5.41) is 18.1. The molecule has 0 radical (unpaired) electrons. The molecular weight excluding hydrogens is 164 g/mol. The molecule has 72 valence electrons. The van der Waals surface area contributed by atoms with Gasteiger partial charge in [0.15, 0.2) is 0 Å². The van der Waals surface area contributed by atoms with Crippen molar-refractivity contribution < 1.29 is 10.2 Å². The quantitative estimate of drug-likeness (QED) is 0.733. The number of aliphatic hydroxyl groups is 2. The van der Waals surface area contributed by atoms with E-state index in [9.17, 15) is 0 Å². The summed E-state index contributed by atoms with van der Waals surface area (Å²) in [6.45, 7) is 2.09. The second kappa shape index (κ2) is 5.00. The zero-order chi connectivity index (χ0) is 9.68. The van der Waals surface area contributed by atoms with E-state index in [1.54, 1.807) is 0 Å². The van der Waals surface area contributed by atoms with Crippen LogP contribution < -0.4 is 0 Å². The zero-order valence-electron chi connectivity index (χ0n) is 7.90. The smallest absolute Gasteiger partial charge is 0.0521 e. The van der Waals surface area contributed by atoms with E-state index in [1.165, 1.54) is 5.56 Å². The highest BCUT2D eigenvalue weighted by atomic mass is 16.3. The van der Waals surface area contributed by atoms with Gasteiger partial charge in [-0.3, -0.25) is 0 Å². The summed E-state index contributed by atoms with van der Waals surface area (Å²) in [7, 11) is 0. The highest BCUT2D eigenvalue weighted by Gasteiger charge is 2.11. The molecule has 0 fully saturated rings. The van der Waals surface area contributed by atoms with Gasteiger partial charge in [-0.2, -0.15) is 0 Å². The molecule has 0 atom stereocenters. The maximum absolute atomic E-state index is 9.04. The minimum absolute atomic E-state index is 0.00745. The predicted molar refractivity (Wildman–Crippen MR) is 52.7 cm³/mol. The summed E-state index contributed by atoms with van der Waals surface area (Å²) in [5.41, 5.74) is 2.27. The first-order valence-corrected chi connectivity index (χ1v) is 4.63. The van der Waals surface area contributed by atoms with Crippen molar-refractivity contribution in [2.75, 3.05) is 13.2 Å². The van der Waals surface area contributed by atoms with E-state index in [1.807, 2.05) is 24.3 Å². The number of benzene rings is 1. The molecule has 13 heavy (non-hydrogen) atoms. The molecule has 0 unspecified atom stereocenters. The molecular formula is C11H16O2. The van der Waals surface area contributed by atoms with Gasteiger partial charge < -0.3 is 10.2 Å². The topological polar surface area (TPSA) is 40.5 Å². The van der Waals surface area contributed by atoms with Crippen molar-refractivity contribution in [2.45, 2.75) is 19.3 Å². The lowest BCUT2D eigenvalue weighted by molar-refractivity contribution is 0.192. The van der Waals surface area contributed by atoms with Crippen LogP contribution in [0.4, 0.5) is 0 Å². The Labute approximate surface area is 78.8 Å². The normalized spacial score (nSPS) is 10.8. The lowest BCUT2D eigenvalue weighted by Crippen LogP contribution is -2.10. The molecule has 2 heteroatoms. The molecule has 2 N–H and O–H groups in total. The zero-order valence-corrected chi connectivity index (χ0v) is 7.90. The highest BCUT2D eigenvalue weighted by molar-refractivity contribution is 5.30. The van der Waals surface area contributed by atoms with Gasteiger partial charge in [-0.1, -0.05) is 31.2 Å². The Morgan fingerprint density at radius 3 is 2.31 bits per heavy atom. The number of hydrogen-bond donors (Lipinski definition) is 2. The van der Waals surface area contributed by atoms with E-state index in [0.29, 0.717) is 0 Å². The molecule has 2 nitrogen and oxygen atoms in total. The van der Waals surface area contributed by atoms with Crippen molar-refractivity contribution in [3.05, 3.63) is 35.4 Å². The summed E-state index contributed by atoms with van der Waals surface area (Å²) >= 11 is 0. The SMILES string of the molecule is CCc1ccccc1C(CO)CO. The van der Waals surface area contributed by atoms with Crippen molar-refractivity contribution in [1.82, 2.24) is 0 Å². The maximum atomic E-state index is 9.04. The van der Waals surface area contributed by atoms with Gasteiger partial charge in [0.25, 0.3) is 0 Å². The first-order chi connectivity index (χ1) is 6.33. The fraction of sp³-hybridized carbons (Fsp3) is 0.455. The molecule has 0 aliphatic rings. The van der Waals surface area contributed by atoms with Gasteiger partial charge in [0, 0.05) is 5.92 Å². The van der Waals surface area contributed by atoms with Gasteiger partial charge in [-0.25, -0.2) is 0 Å². The Hall–Kier alpha value is -0.860. The van der Waals surface area contributed by atoms with Crippen LogP contribution in [-0.4, -0.2) is 23.4 Å². The fourth-order valence-corrected chi connectivity index (χ4v) is 1.51. The number of aryl methyl sites for hydroxylation is 1. The van der Waals surface area contributed by atoms with Gasteiger partial charge in [0.05, 0.1) is 13.2 Å². The average molecular weight is 180 g/mol. The van der Waals surface area contributed by atoms with Gasteiger partial charge in [-0.15, -0.1) is 0 Å². The third kappa shape index (κ3) is 2.29. The van der Waals surface area contributed by atoms with E-state index >= 15 is 0 Å². The monoisotopic (exact) mass is 180 g/mol. The summed E-state index contributed by atoms with van der Waals surface area (Å²) < 4.78 is 0. The molecule has 0 saturated heterocycles. The van der Waals surface area contributed by atoms with E-state index in [-0.39, 0.29) is 19.1 Å². The standard InChI is InChI=1S/C11H16O2/c1-2-9-5-3-4-6-11(9)10(7-12)8-13/h3-6,10,12-13H,2,7-8H2,1H3. The predicted octanol–water partition coefficient (Wildman–Crippen LogP) is 1.32. The van der Waals surface area contributed by atoms with Gasteiger partial charge in [0.1, 0.15) is 0 Å². The molecule has 0 saturated carbocycles. The molecule has 1 rings (SSSR count). The lowest BCUT2D eigenvalue weighted by atomic mass is 9.94. The molecule has 0 spiro atoms. The third-order valence-electron chi connectivity index (χ3n) is 2.32. The average Bonchev–Trinajstić information content (AvgIpc) is 2.20. The lowest BCUT2D eigenvalue weighted by Gasteiger charge is -2.14. The Kier molecular flexibility index (Phi) is 3.93. The van der Waals surface area contributed by atoms with Crippen LogP contribution in [0.25, 0.3) is 0 Å². The van der Waals surface area contributed by atoms with Gasteiger partial charge in [0.2, 0.25) is 0 Å². The fourth-order valence-electron chi connectivity index (χ4n) is 1.51. The molecule has 0 amide bonds. The Morgan fingerprint density at radius 1 is 1.15 bits per heavy atom. The largest absolute Gasteiger partial charge is 0.396 e. The Balaban J connectivity index is 2.96. The number of hydrogen-bond acceptors (Lipinski definition) is 2. The van der Waals surface area contributed by atoms with E-state index < -0.39 is 0 Å². The molecule has 0 heterocycles. The van der Waals surface area contributed by atoms with E-state index in [4.69, 9.17) is 10.2 Å². The summed E-state index contributed by atoms with van der Waals surface area (Å²) in [6.07, 6.45) is 0.937. The molecule has 0 aliphatic heterocycles. The van der Waals surface area contributed by atoms with Crippen molar-refractivity contribution >= 4 is 0 Å². The molecule has 1 aromatic rings. The van der Waals surface area contributed by atoms with Crippen molar-refractivity contribution in [3.63, 3.8) is 0 Å². The first kappa shape index (κ1) is 10.2. The van der Waals surface area contributed by atoms with Crippen molar-refractivity contribution in [2.24, 2.45) is 0 Å². The summed E-state index contributed by atoms with van der Waals surface area (Å²) in [5.74, 6) is -0.129. The molecule has 1 aromatic carbocycles. The van der Waals surface area contributed by atoms with Crippen LogP contribution in [0.5, 0.6) is 0 Å². The number of aliphatic hydroxyl groups excluding tert-OH is 2. The third-order valence-corrected chi connectivity index (χ3v) is 2.32. The van der Waals surface area contributed by atoms with Crippen LogP contribution >= 0.6 is 0 Å². The minimum atomic E-state index is -0.129. The van der Waals surface area contributed by atoms with Crippen LogP contribution in [0.2, 0.25) is 0 Å². The second-order valence-corrected chi connectivity index (χ2v) is 3.11. The second-order valence-electron chi connectivity index (χ2n) is 3.11. The van der Waals surface area contributed by atoms with Crippen LogP contribution in [0, 0.1) is 0 Å². The highest BCUT2D eigenvalue weighted by Crippen LogP contribution is 2.19. The molecule has 0 aromatic heterocycles. The first-order valence-electron chi connectivity index (χ1n) is 4.63. The van der Waals surface area contributed by atoms with E-state index in [0.717, 1.165) is 12.0 Å². The van der Waals surface area contributed by atoms with Crippen LogP contribution in [0.3, 0.4) is 0 Å². The minimum Gasteiger partial charge on any atom is -0.396 e. The van der Waals surface area contributed by atoms with E-state index in [2.05, 4.69) is 6.92 Å². The number of rotatable bonds is 4. The molecule has 0 bridgehead atoms. The Morgan fingerprint density at radius 2 is 1.77 bits per heavy atom. The summed E-state index contributed by atoms with van der Waals surface area (Å²) in [6, 6.07) is 7.92. The summed E-state index contributed by atoms with van der Waals surface area (Å²) in [4.78, 5) is 0. The molecule has 0 aliphatic carbocycles. The van der Waals surface area contributed by atoms with Crippen LogP contribution in [-0.2, 0) is 6.42 Å². The van der Waals surface area contributed by atoms with Gasteiger partial charge >= 0.3 is 0 Å².